The van der Waals surface area contributed by atoms with Crippen molar-refractivity contribution in [3.63, 3.8) is 0 Å². The molecule has 0 saturated carbocycles. The summed E-state index contributed by atoms with van der Waals surface area (Å²) < 4.78 is 15.1. The van der Waals surface area contributed by atoms with E-state index in [1.54, 1.807) is 18.5 Å². The Balaban J connectivity index is 1.27. The number of anilines is 2. The molecule has 6 rings (SSSR count). The molecule has 0 amide bonds. The fourth-order valence-corrected chi connectivity index (χ4v) is 5.38. The van der Waals surface area contributed by atoms with Crippen molar-refractivity contribution in [1.82, 2.24) is 19.9 Å². The van der Waals surface area contributed by atoms with Crippen LogP contribution < -0.4 is 15.8 Å². The fraction of sp³-hybridized carbons (Fsp3) is 0.409. The quantitative estimate of drug-likeness (QED) is 0.695. The molecule has 2 fully saturated rings. The van der Waals surface area contributed by atoms with E-state index in [-0.39, 0.29) is 11.4 Å². The fourth-order valence-electron chi connectivity index (χ4n) is 5.38. The molecule has 7 nitrogen and oxygen atoms in total. The van der Waals surface area contributed by atoms with Gasteiger partial charge in [-0.3, -0.25) is 14.7 Å². The Hall–Kier alpha value is -3.00. The number of nitrogens with zero attached hydrogens (tertiary/aromatic N) is 4. The minimum absolute atomic E-state index is 0.110. The van der Waals surface area contributed by atoms with E-state index in [1.807, 2.05) is 12.3 Å². The third-order valence-electron chi connectivity index (χ3n) is 6.71. The zero-order chi connectivity index (χ0) is 20.2. The average Bonchev–Trinajstić information content (AvgIpc) is 3.35. The SMILES string of the molecule is O=c1[nH]c2cc(CN3C[C@@H]4C[C@H]3CN4c3cnccn3)cc(F)c2c2c1CCCN2. The van der Waals surface area contributed by atoms with Gasteiger partial charge in [0.25, 0.3) is 5.56 Å². The maximum atomic E-state index is 15.1. The number of aromatic nitrogens is 3. The van der Waals surface area contributed by atoms with Crippen LogP contribution in [0.25, 0.3) is 10.9 Å². The monoisotopic (exact) mass is 406 g/mol. The summed E-state index contributed by atoms with van der Waals surface area (Å²) in [6.45, 7) is 3.28. The highest BCUT2D eigenvalue weighted by atomic mass is 19.1. The zero-order valence-corrected chi connectivity index (χ0v) is 16.6. The molecular weight excluding hydrogens is 383 g/mol. The second-order valence-corrected chi connectivity index (χ2v) is 8.53. The summed E-state index contributed by atoms with van der Waals surface area (Å²) in [4.78, 5) is 28.7. The number of piperazine rings is 1. The second-order valence-electron chi connectivity index (χ2n) is 8.53. The van der Waals surface area contributed by atoms with Gasteiger partial charge in [-0.05, 0) is 37.0 Å². The van der Waals surface area contributed by atoms with Crippen molar-refractivity contribution in [2.75, 3.05) is 29.9 Å². The number of benzene rings is 1. The Morgan fingerprint density at radius 3 is 2.93 bits per heavy atom. The van der Waals surface area contributed by atoms with E-state index in [0.717, 1.165) is 43.9 Å². The van der Waals surface area contributed by atoms with Gasteiger partial charge < -0.3 is 15.2 Å². The lowest BCUT2D eigenvalue weighted by atomic mass is 10.00. The maximum Gasteiger partial charge on any atom is 0.253 e. The van der Waals surface area contributed by atoms with Crippen molar-refractivity contribution >= 4 is 22.4 Å². The Morgan fingerprint density at radius 2 is 2.13 bits per heavy atom. The number of hydrogen-bond donors (Lipinski definition) is 2. The first-order chi connectivity index (χ1) is 14.7. The van der Waals surface area contributed by atoms with Crippen molar-refractivity contribution in [2.24, 2.45) is 0 Å². The van der Waals surface area contributed by atoms with Crippen LogP contribution in [0, 0.1) is 5.82 Å². The molecule has 0 unspecified atom stereocenters. The normalized spacial score (nSPS) is 23.0. The molecule has 0 aliphatic carbocycles. The first-order valence-electron chi connectivity index (χ1n) is 10.6. The van der Waals surface area contributed by atoms with Crippen molar-refractivity contribution in [2.45, 2.75) is 37.9 Å². The van der Waals surface area contributed by atoms with Crippen molar-refractivity contribution in [3.05, 3.63) is 58.0 Å². The molecule has 3 aliphatic heterocycles. The van der Waals surface area contributed by atoms with Crippen molar-refractivity contribution in [3.8, 4) is 0 Å². The maximum absolute atomic E-state index is 15.1. The number of aromatic amines is 1. The van der Waals surface area contributed by atoms with Crippen LogP contribution >= 0.6 is 0 Å². The van der Waals surface area contributed by atoms with Crippen LogP contribution in [0.2, 0.25) is 0 Å². The molecular formula is C22H23FN6O. The number of fused-ring (bicyclic) bond motifs is 5. The molecule has 0 radical (unpaired) electrons. The van der Waals surface area contributed by atoms with Crippen molar-refractivity contribution < 1.29 is 4.39 Å². The first kappa shape index (κ1) is 17.8. The van der Waals surface area contributed by atoms with Crippen LogP contribution in [0.5, 0.6) is 0 Å². The minimum Gasteiger partial charge on any atom is -0.384 e. The summed E-state index contributed by atoms with van der Waals surface area (Å²) in [5.41, 5.74) is 2.70. The van der Waals surface area contributed by atoms with Gasteiger partial charge in [0.1, 0.15) is 11.6 Å². The number of likely N-dealkylation sites (tertiary alicyclic amines) is 1. The van der Waals surface area contributed by atoms with Crippen molar-refractivity contribution in [1.29, 1.82) is 0 Å². The Morgan fingerprint density at radius 1 is 1.20 bits per heavy atom. The molecule has 2 N–H and O–H groups in total. The van der Waals surface area contributed by atoms with Crippen LogP contribution in [0.4, 0.5) is 15.9 Å². The Bertz CT molecular complexity index is 1180. The van der Waals surface area contributed by atoms with Gasteiger partial charge >= 0.3 is 0 Å². The van der Waals surface area contributed by atoms with E-state index in [1.165, 1.54) is 0 Å². The van der Waals surface area contributed by atoms with Gasteiger partial charge in [0.15, 0.2) is 0 Å². The molecule has 5 heterocycles. The highest BCUT2D eigenvalue weighted by molar-refractivity contribution is 5.94. The minimum atomic E-state index is -0.269. The van der Waals surface area contributed by atoms with Crippen LogP contribution in [-0.2, 0) is 13.0 Å². The van der Waals surface area contributed by atoms with Gasteiger partial charge in [0, 0.05) is 56.2 Å². The second kappa shape index (κ2) is 6.77. The summed E-state index contributed by atoms with van der Waals surface area (Å²) in [7, 11) is 0. The molecule has 30 heavy (non-hydrogen) atoms. The molecule has 3 aliphatic rings. The van der Waals surface area contributed by atoms with E-state index in [9.17, 15) is 4.79 Å². The van der Waals surface area contributed by atoms with E-state index in [2.05, 4.69) is 30.1 Å². The summed E-state index contributed by atoms with van der Waals surface area (Å²) in [5.74, 6) is 0.659. The standard InChI is InChI=1S/C22H23FN6O/c23-17-6-13(7-18-20(17)21-16(22(30)27-18)2-1-3-26-21)10-28-11-15-8-14(28)12-29(15)19-9-24-4-5-25-19/h4-7,9,14-15,26H,1-3,8,10-12H2,(H,27,30)/t14-,15-/m0/s1. The van der Waals surface area contributed by atoms with Gasteiger partial charge in [0.05, 0.1) is 22.8 Å². The smallest absolute Gasteiger partial charge is 0.253 e. The van der Waals surface area contributed by atoms with E-state index in [4.69, 9.17) is 0 Å². The van der Waals surface area contributed by atoms with E-state index >= 15 is 4.39 Å². The Kier molecular flexibility index (Phi) is 4.02. The first-order valence-corrected chi connectivity index (χ1v) is 10.6. The Labute approximate surface area is 172 Å². The van der Waals surface area contributed by atoms with Gasteiger partial charge in [-0.1, -0.05) is 0 Å². The molecule has 2 aromatic heterocycles. The van der Waals surface area contributed by atoms with E-state index < -0.39 is 0 Å². The topological polar surface area (TPSA) is 77.2 Å². The summed E-state index contributed by atoms with van der Waals surface area (Å²) >= 11 is 0. The molecule has 8 heteroatoms. The van der Waals surface area contributed by atoms with Gasteiger partial charge in [0.2, 0.25) is 0 Å². The van der Waals surface area contributed by atoms with Gasteiger partial charge in [-0.25, -0.2) is 9.37 Å². The number of H-pyrrole nitrogens is 1. The van der Waals surface area contributed by atoms with E-state index in [0.29, 0.717) is 47.2 Å². The number of rotatable bonds is 3. The predicted molar refractivity (Wildman–Crippen MR) is 113 cm³/mol. The molecule has 2 atom stereocenters. The third kappa shape index (κ3) is 2.78. The highest BCUT2D eigenvalue weighted by Crippen LogP contribution is 2.35. The average molecular weight is 406 g/mol. The molecule has 0 spiro atoms. The number of halogens is 1. The molecule has 2 saturated heterocycles. The van der Waals surface area contributed by atoms with Crippen LogP contribution in [0.1, 0.15) is 24.0 Å². The molecule has 154 valence electrons. The van der Waals surface area contributed by atoms with Crippen LogP contribution in [-0.4, -0.2) is 51.6 Å². The zero-order valence-electron chi connectivity index (χ0n) is 16.6. The largest absolute Gasteiger partial charge is 0.384 e. The van der Waals surface area contributed by atoms with Gasteiger partial charge in [-0.15, -0.1) is 0 Å². The number of hydrogen-bond acceptors (Lipinski definition) is 6. The lowest BCUT2D eigenvalue weighted by molar-refractivity contribution is 0.230. The van der Waals surface area contributed by atoms with Crippen LogP contribution in [0.3, 0.4) is 0 Å². The molecule has 1 aromatic carbocycles. The third-order valence-corrected chi connectivity index (χ3v) is 6.71. The summed E-state index contributed by atoms with van der Waals surface area (Å²) in [5, 5.41) is 3.74. The van der Waals surface area contributed by atoms with Crippen LogP contribution in [0.15, 0.2) is 35.5 Å². The molecule has 3 aromatic rings. The summed E-state index contributed by atoms with van der Waals surface area (Å²) in [6, 6.07) is 4.39. The predicted octanol–water partition coefficient (Wildman–Crippen LogP) is 2.28. The highest BCUT2D eigenvalue weighted by Gasteiger charge is 2.43. The van der Waals surface area contributed by atoms with Gasteiger partial charge in [-0.2, -0.15) is 0 Å². The lowest BCUT2D eigenvalue weighted by Gasteiger charge is -2.34. The number of pyridine rings is 1. The molecule has 2 bridgehead atoms. The summed E-state index contributed by atoms with van der Waals surface area (Å²) in [6.07, 6.45) is 7.90. The lowest BCUT2D eigenvalue weighted by Crippen LogP contribution is -2.46. The number of nitrogens with one attached hydrogen (secondary N) is 2.